The number of benzene rings is 1. The van der Waals surface area contributed by atoms with E-state index in [4.69, 9.17) is 4.74 Å². The molecule has 8 nitrogen and oxygen atoms in total. The summed E-state index contributed by atoms with van der Waals surface area (Å²) in [5.41, 5.74) is 0.978. The zero-order chi connectivity index (χ0) is 26.9. The number of allylic oxidation sites excluding steroid dienone is 1. The Balaban J connectivity index is 2.28. The van der Waals surface area contributed by atoms with E-state index in [1.165, 1.54) is 24.7 Å². The van der Waals surface area contributed by atoms with Crippen LogP contribution in [0, 0.1) is 5.82 Å². The number of ether oxygens (including phenoxy) is 1. The second-order valence-electron chi connectivity index (χ2n) is 9.19. The highest BCUT2D eigenvalue weighted by Gasteiger charge is 2.25. The van der Waals surface area contributed by atoms with E-state index in [0.717, 1.165) is 10.1 Å². The van der Waals surface area contributed by atoms with Gasteiger partial charge in [0.15, 0.2) is 0 Å². The standard InChI is InChI=1S/C26H33FN4O4Si/c1-7-19(16-35-3)9-8-18(2)25(30-23(32)15-31-17-28-13-12-24(31)33)26(34)29-20-10-11-22(21(27)14-20)36(4,5)6/h7-14,17,25H,2,15-16H2,1,3-6H3,(H,29,34)(H,30,32)/b9-8-,19-7+/t25-/m1/s1. The molecule has 1 atom stereocenters. The number of hydrogen-bond acceptors (Lipinski definition) is 5. The Labute approximate surface area is 211 Å². The topological polar surface area (TPSA) is 102 Å². The molecule has 1 heterocycles. The minimum Gasteiger partial charge on any atom is -0.380 e. The van der Waals surface area contributed by atoms with Gasteiger partial charge < -0.3 is 15.4 Å². The Morgan fingerprint density at radius 1 is 1.25 bits per heavy atom. The molecule has 1 aromatic carbocycles. The fraction of sp³-hybridized carbons (Fsp3) is 0.308. The molecular weight excluding hydrogens is 479 g/mol. The third-order valence-electron chi connectivity index (χ3n) is 5.28. The number of nitrogens with one attached hydrogen (secondary N) is 2. The Bertz CT molecular complexity index is 1230. The van der Waals surface area contributed by atoms with Gasteiger partial charge in [0.25, 0.3) is 11.5 Å². The Morgan fingerprint density at radius 3 is 2.56 bits per heavy atom. The normalized spacial score (nSPS) is 12.9. The Hall–Kier alpha value is -3.63. The minimum absolute atomic E-state index is 0.257. The molecular formula is C26H33FN4O4Si. The van der Waals surface area contributed by atoms with Gasteiger partial charge in [-0.3, -0.25) is 19.0 Å². The summed E-state index contributed by atoms with van der Waals surface area (Å²) in [4.78, 5) is 41.7. The van der Waals surface area contributed by atoms with Crippen LogP contribution in [0.2, 0.25) is 19.6 Å². The van der Waals surface area contributed by atoms with Crippen LogP contribution in [0.3, 0.4) is 0 Å². The summed E-state index contributed by atoms with van der Waals surface area (Å²) in [6.07, 6.45) is 7.73. The average molecular weight is 513 g/mol. The fourth-order valence-electron chi connectivity index (χ4n) is 3.31. The molecule has 2 aromatic rings. The van der Waals surface area contributed by atoms with Crippen LogP contribution in [-0.2, 0) is 20.9 Å². The summed E-state index contributed by atoms with van der Waals surface area (Å²) in [5, 5.41) is 5.92. The highest BCUT2D eigenvalue weighted by molar-refractivity contribution is 6.88. The van der Waals surface area contributed by atoms with Crippen molar-refractivity contribution in [2.24, 2.45) is 0 Å². The van der Waals surface area contributed by atoms with Crippen LogP contribution in [-0.4, -0.2) is 49.2 Å². The third-order valence-corrected chi connectivity index (χ3v) is 7.30. The summed E-state index contributed by atoms with van der Waals surface area (Å²) >= 11 is 0. The van der Waals surface area contributed by atoms with Gasteiger partial charge in [-0.05, 0) is 35.4 Å². The molecule has 1 aromatic heterocycles. The molecule has 2 amide bonds. The second kappa shape index (κ2) is 12.9. The van der Waals surface area contributed by atoms with E-state index in [9.17, 15) is 18.8 Å². The summed E-state index contributed by atoms with van der Waals surface area (Å²) in [5.74, 6) is -1.59. The number of hydrogen-bond donors (Lipinski definition) is 2. The van der Waals surface area contributed by atoms with Gasteiger partial charge in [-0.15, -0.1) is 0 Å². The first kappa shape index (κ1) is 28.6. The molecule has 0 saturated heterocycles. The van der Waals surface area contributed by atoms with E-state index in [1.54, 1.807) is 31.4 Å². The van der Waals surface area contributed by atoms with Gasteiger partial charge in [0.2, 0.25) is 5.91 Å². The number of anilines is 1. The SMILES string of the molecule is C=C(/C=C\C(=C/C)COC)[C@@H](NC(=O)Cn1cnccc1=O)C(=O)Nc1ccc([Si](C)(C)C)c(F)c1. The van der Waals surface area contributed by atoms with Gasteiger partial charge in [0.05, 0.1) is 21.0 Å². The van der Waals surface area contributed by atoms with Crippen molar-refractivity contribution < 1.29 is 18.7 Å². The quantitative estimate of drug-likeness (QED) is 0.356. The maximum Gasteiger partial charge on any atom is 0.253 e. The summed E-state index contributed by atoms with van der Waals surface area (Å²) in [6, 6.07) is 4.64. The van der Waals surface area contributed by atoms with Crippen LogP contribution < -0.4 is 21.4 Å². The van der Waals surface area contributed by atoms with E-state index in [0.29, 0.717) is 11.8 Å². The number of amides is 2. The largest absolute Gasteiger partial charge is 0.380 e. The maximum absolute atomic E-state index is 14.7. The van der Waals surface area contributed by atoms with Crippen LogP contribution in [0.4, 0.5) is 10.1 Å². The van der Waals surface area contributed by atoms with Crippen molar-refractivity contribution in [3.63, 3.8) is 0 Å². The van der Waals surface area contributed by atoms with Crippen LogP contribution in [0.1, 0.15) is 6.92 Å². The van der Waals surface area contributed by atoms with Gasteiger partial charge in [-0.1, -0.05) is 50.5 Å². The first-order valence-corrected chi connectivity index (χ1v) is 14.9. The van der Waals surface area contributed by atoms with Crippen molar-refractivity contribution in [1.82, 2.24) is 14.9 Å². The van der Waals surface area contributed by atoms with Gasteiger partial charge in [-0.2, -0.15) is 0 Å². The van der Waals surface area contributed by atoms with Gasteiger partial charge >= 0.3 is 0 Å². The number of methoxy groups -OCH3 is 1. The predicted octanol–water partition coefficient (Wildman–Crippen LogP) is 2.76. The number of carbonyl (C=O) groups is 2. The third kappa shape index (κ3) is 8.24. The van der Waals surface area contributed by atoms with Gasteiger partial charge in [0, 0.05) is 25.1 Å². The molecule has 36 heavy (non-hydrogen) atoms. The second-order valence-corrected chi connectivity index (χ2v) is 14.2. The number of rotatable bonds is 11. The zero-order valence-electron chi connectivity index (χ0n) is 21.3. The molecule has 2 rings (SSSR count). The lowest BCUT2D eigenvalue weighted by atomic mass is 10.1. The van der Waals surface area contributed by atoms with Crippen molar-refractivity contribution in [2.45, 2.75) is 39.2 Å². The molecule has 0 saturated carbocycles. The first-order valence-electron chi connectivity index (χ1n) is 11.4. The van der Waals surface area contributed by atoms with Crippen molar-refractivity contribution in [3.05, 3.63) is 88.9 Å². The monoisotopic (exact) mass is 512 g/mol. The van der Waals surface area contributed by atoms with E-state index in [2.05, 4.69) is 22.2 Å². The first-order chi connectivity index (χ1) is 17.0. The number of halogens is 1. The average Bonchev–Trinajstić information content (AvgIpc) is 2.80. The van der Waals surface area contributed by atoms with Crippen LogP contribution in [0.25, 0.3) is 0 Å². The summed E-state index contributed by atoms with van der Waals surface area (Å²) in [6.45, 7) is 11.9. The highest BCUT2D eigenvalue weighted by Crippen LogP contribution is 2.15. The van der Waals surface area contributed by atoms with Gasteiger partial charge in [-0.25, -0.2) is 9.37 Å². The summed E-state index contributed by atoms with van der Waals surface area (Å²) < 4.78 is 20.9. The molecule has 0 radical (unpaired) electrons. The van der Waals surface area contributed by atoms with Crippen LogP contribution in [0.15, 0.2) is 77.5 Å². The molecule has 0 aliphatic heterocycles. The smallest absolute Gasteiger partial charge is 0.253 e. The molecule has 0 aliphatic rings. The molecule has 192 valence electrons. The molecule has 0 fully saturated rings. The minimum atomic E-state index is -1.89. The lowest BCUT2D eigenvalue weighted by Crippen LogP contribution is -2.46. The molecule has 0 spiro atoms. The molecule has 0 unspecified atom stereocenters. The number of nitrogens with zero attached hydrogens (tertiary/aromatic N) is 2. The maximum atomic E-state index is 14.7. The van der Waals surface area contributed by atoms with Crippen LogP contribution in [0.5, 0.6) is 0 Å². The van der Waals surface area contributed by atoms with Crippen LogP contribution >= 0.6 is 0 Å². The zero-order valence-corrected chi connectivity index (χ0v) is 22.3. The summed E-state index contributed by atoms with van der Waals surface area (Å²) in [7, 11) is -0.328. The van der Waals surface area contributed by atoms with E-state index >= 15 is 0 Å². The molecule has 10 heteroatoms. The lowest BCUT2D eigenvalue weighted by molar-refractivity contribution is -0.126. The van der Waals surface area contributed by atoms with Crippen molar-refractivity contribution in [3.8, 4) is 0 Å². The Morgan fingerprint density at radius 2 is 1.97 bits per heavy atom. The molecule has 2 N–H and O–H groups in total. The van der Waals surface area contributed by atoms with E-state index in [-0.39, 0.29) is 23.6 Å². The van der Waals surface area contributed by atoms with E-state index < -0.39 is 31.5 Å². The lowest BCUT2D eigenvalue weighted by Gasteiger charge is -2.21. The van der Waals surface area contributed by atoms with Crippen molar-refractivity contribution in [1.29, 1.82) is 0 Å². The number of aromatic nitrogens is 2. The van der Waals surface area contributed by atoms with Crippen molar-refractivity contribution in [2.75, 3.05) is 19.0 Å². The van der Waals surface area contributed by atoms with Crippen molar-refractivity contribution >= 4 is 30.8 Å². The van der Waals surface area contributed by atoms with E-state index in [1.807, 2.05) is 32.6 Å². The highest BCUT2D eigenvalue weighted by atomic mass is 28.3. The molecule has 0 aliphatic carbocycles. The Kier molecular flexibility index (Phi) is 10.2. The fourth-order valence-corrected chi connectivity index (χ4v) is 4.68. The van der Waals surface area contributed by atoms with Gasteiger partial charge in [0.1, 0.15) is 18.4 Å². The molecule has 0 bridgehead atoms. The predicted molar refractivity (Wildman–Crippen MR) is 142 cm³/mol. The number of carbonyl (C=O) groups excluding carboxylic acids is 2.